The molecule has 0 aromatic rings. The second kappa shape index (κ2) is 39.1. The van der Waals surface area contributed by atoms with Crippen LogP contribution < -0.4 is 0 Å². The van der Waals surface area contributed by atoms with E-state index in [1.165, 1.54) is 167 Å². The van der Waals surface area contributed by atoms with Crippen molar-refractivity contribution in [2.24, 2.45) is 0 Å². The number of carbonyl (C=O) groups is 2. The monoisotopic (exact) mass is 663 g/mol. The van der Waals surface area contributed by atoms with E-state index in [-0.39, 0.29) is 18.5 Å². The van der Waals surface area contributed by atoms with E-state index in [0.29, 0.717) is 6.42 Å². The summed E-state index contributed by atoms with van der Waals surface area (Å²) in [7, 11) is 0. The maximum atomic E-state index is 12.6. The number of unbranched alkanes of at least 4 members (excludes halogenated alkanes) is 30. The Balaban J connectivity index is 3.70. The Morgan fingerprint density at radius 1 is 0.468 bits per heavy atom. The van der Waals surface area contributed by atoms with Crippen molar-refractivity contribution in [3.63, 3.8) is 0 Å². The molecule has 278 valence electrons. The van der Waals surface area contributed by atoms with Crippen LogP contribution in [-0.2, 0) is 14.3 Å². The van der Waals surface area contributed by atoms with Crippen LogP contribution in [-0.4, -0.2) is 23.1 Å². The zero-order valence-electron chi connectivity index (χ0n) is 31.9. The Labute approximate surface area is 294 Å². The third kappa shape index (κ3) is 39.0. The smallest absolute Gasteiger partial charge is 0.306 e. The summed E-state index contributed by atoms with van der Waals surface area (Å²) < 4.78 is 5.87. The molecule has 0 aliphatic rings. The molecule has 0 saturated heterocycles. The largest absolute Gasteiger partial charge is 0.481 e. The van der Waals surface area contributed by atoms with Crippen molar-refractivity contribution in [3.8, 4) is 0 Å². The molecule has 1 N–H and O–H groups in total. The van der Waals surface area contributed by atoms with Gasteiger partial charge in [-0.1, -0.05) is 200 Å². The predicted octanol–water partition coefficient (Wildman–Crippen LogP) is 14.6. The molecular formula is C43H82O4. The lowest BCUT2D eigenvalue weighted by Gasteiger charge is -2.15. The third-order valence-electron chi connectivity index (χ3n) is 9.72. The number of hydrogen-bond donors (Lipinski definition) is 1. The van der Waals surface area contributed by atoms with Crippen molar-refractivity contribution < 1.29 is 19.4 Å². The van der Waals surface area contributed by atoms with E-state index in [1.807, 2.05) is 0 Å². The maximum Gasteiger partial charge on any atom is 0.306 e. The lowest BCUT2D eigenvalue weighted by molar-refractivity contribution is -0.147. The molecule has 0 aliphatic carbocycles. The number of carboxylic acids is 1. The molecule has 0 bridgehead atoms. The van der Waals surface area contributed by atoms with Crippen LogP contribution in [0.15, 0.2) is 12.2 Å². The van der Waals surface area contributed by atoms with Crippen LogP contribution >= 0.6 is 0 Å². The van der Waals surface area contributed by atoms with Gasteiger partial charge in [-0.3, -0.25) is 9.59 Å². The lowest BCUT2D eigenvalue weighted by atomic mass is 10.0. The number of rotatable bonds is 39. The second-order valence-corrected chi connectivity index (χ2v) is 14.5. The van der Waals surface area contributed by atoms with Gasteiger partial charge in [0.05, 0.1) is 0 Å². The van der Waals surface area contributed by atoms with E-state index in [4.69, 9.17) is 9.84 Å². The van der Waals surface area contributed by atoms with E-state index in [0.717, 1.165) is 51.4 Å². The first-order valence-corrected chi connectivity index (χ1v) is 21.2. The van der Waals surface area contributed by atoms with Crippen LogP contribution in [0.5, 0.6) is 0 Å². The van der Waals surface area contributed by atoms with Gasteiger partial charge in [-0.25, -0.2) is 0 Å². The van der Waals surface area contributed by atoms with Gasteiger partial charge in [0.2, 0.25) is 0 Å². The Morgan fingerprint density at radius 3 is 1.21 bits per heavy atom. The van der Waals surface area contributed by atoms with Crippen molar-refractivity contribution in [1.82, 2.24) is 0 Å². The van der Waals surface area contributed by atoms with Crippen LogP contribution in [0.25, 0.3) is 0 Å². The molecule has 0 rings (SSSR count). The van der Waals surface area contributed by atoms with Crippen LogP contribution in [0.3, 0.4) is 0 Å². The van der Waals surface area contributed by atoms with Crippen molar-refractivity contribution in [1.29, 1.82) is 0 Å². The second-order valence-electron chi connectivity index (χ2n) is 14.5. The summed E-state index contributed by atoms with van der Waals surface area (Å²) in [4.78, 5) is 23.3. The number of carboxylic acid groups (broad SMARTS) is 1. The van der Waals surface area contributed by atoms with Gasteiger partial charge in [-0.15, -0.1) is 0 Å². The van der Waals surface area contributed by atoms with Crippen molar-refractivity contribution >= 4 is 11.9 Å². The van der Waals surface area contributed by atoms with Crippen molar-refractivity contribution in [2.45, 2.75) is 251 Å². The molecular weight excluding hydrogens is 580 g/mol. The van der Waals surface area contributed by atoms with Crippen molar-refractivity contribution in [3.05, 3.63) is 12.2 Å². The molecule has 0 aromatic heterocycles. The summed E-state index contributed by atoms with van der Waals surface area (Å²) in [5.41, 5.74) is 0. The van der Waals surface area contributed by atoms with E-state index in [2.05, 4.69) is 26.0 Å². The van der Waals surface area contributed by atoms with Crippen LogP contribution in [0.4, 0.5) is 0 Å². The van der Waals surface area contributed by atoms with Crippen molar-refractivity contribution in [2.75, 3.05) is 0 Å². The van der Waals surface area contributed by atoms with Crippen LogP contribution in [0, 0.1) is 0 Å². The summed E-state index contributed by atoms with van der Waals surface area (Å²) in [5.74, 6) is -0.777. The van der Waals surface area contributed by atoms with Crippen LogP contribution in [0.1, 0.15) is 245 Å². The molecule has 0 saturated carbocycles. The number of esters is 1. The number of hydrogen-bond acceptors (Lipinski definition) is 3. The zero-order chi connectivity index (χ0) is 34.3. The van der Waals surface area contributed by atoms with Crippen LogP contribution in [0.2, 0.25) is 0 Å². The minimum atomic E-state index is -0.718. The normalized spacial score (nSPS) is 12.2. The highest BCUT2D eigenvalue weighted by atomic mass is 16.5. The SMILES string of the molecule is CCCCCCC/C=C\C(CCCCCCC(=O)O)OC(=O)CCCCCCCCCCCCCCCCCCCCCCCCC. The van der Waals surface area contributed by atoms with Gasteiger partial charge in [0.25, 0.3) is 0 Å². The van der Waals surface area contributed by atoms with Gasteiger partial charge in [-0.05, 0) is 44.6 Å². The van der Waals surface area contributed by atoms with Gasteiger partial charge in [0, 0.05) is 12.8 Å². The Kier molecular flexibility index (Phi) is 38.0. The molecule has 0 fully saturated rings. The average molecular weight is 663 g/mol. The number of allylic oxidation sites excluding steroid dienone is 1. The number of aliphatic carboxylic acids is 1. The van der Waals surface area contributed by atoms with E-state index in [1.54, 1.807) is 0 Å². The lowest BCUT2D eigenvalue weighted by Crippen LogP contribution is -2.16. The molecule has 0 amide bonds. The topological polar surface area (TPSA) is 63.6 Å². The predicted molar refractivity (Wildman–Crippen MR) is 204 cm³/mol. The zero-order valence-corrected chi connectivity index (χ0v) is 31.9. The fraction of sp³-hybridized carbons (Fsp3) is 0.907. The highest BCUT2D eigenvalue weighted by Crippen LogP contribution is 2.17. The molecule has 4 heteroatoms. The fourth-order valence-electron chi connectivity index (χ4n) is 6.57. The maximum absolute atomic E-state index is 12.6. The molecule has 0 aliphatic heterocycles. The number of ether oxygens (including phenoxy) is 1. The first-order valence-electron chi connectivity index (χ1n) is 21.2. The van der Waals surface area contributed by atoms with E-state index < -0.39 is 5.97 Å². The highest BCUT2D eigenvalue weighted by Gasteiger charge is 2.11. The van der Waals surface area contributed by atoms with Gasteiger partial charge in [0.15, 0.2) is 0 Å². The number of carbonyl (C=O) groups excluding carboxylic acids is 1. The summed E-state index contributed by atoms with van der Waals surface area (Å²) in [6, 6.07) is 0. The third-order valence-corrected chi connectivity index (χ3v) is 9.72. The molecule has 0 heterocycles. The highest BCUT2D eigenvalue weighted by molar-refractivity contribution is 5.69. The van der Waals surface area contributed by atoms with Gasteiger partial charge < -0.3 is 9.84 Å². The average Bonchev–Trinajstić information content (AvgIpc) is 3.05. The molecule has 4 nitrogen and oxygen atoms in total. The molecule has 0 spiro atoms. The van der Waals surface area contributed by atoms with E-state index in [9.17, 15) is 9.59 Å². The van der Waals surface area contributed by atoms with Gasteiger partial charge in [0.1, 0.15) is 6.10 Å². The summed E-state index contributed by atoms with van der Waals surface area (Å²) in [6.45, 7) is 4.53. The molecule has 47 heavy (non-hydrogen) atoms. The molecule has 0 radical (unpaired) electrons. The van der Waals surface area contributed by atoms with Gasteiger partial charge in [-0.2, -0.15) is 0 Å². The minimum Gasteiger partial charge on any atom is -0.481 e. The van der Waals surface area contributed by atoms with Gasteiger partial charge >= 0.3 is 11.9 Å². The standard InChI is InChI=1S/C43H82O4/c1-3-5-7-9-11-12-13-14-15-16-17-18-19-20-21-22-23-24-25-26-28-30-36-40-43(46)47-41(37-33-29-27-10-8-6-4-2)38-34-31-32-35-39-42(44)45/h33,37,41H,3-32,34-36,38-40H2,1-2H3,(H,44,45)/b37-33-. The first kappa shape index (κ1) is 45.7. The van der Waals surface area contributed by atoms with E-state index >= 15 is 0 Å². The quantitative estimate of drug-likeness (QED) is 0.0404. The molecule has 0 aromatic carbocycles. The minimum absolute atomic E-state index is 0.0584. The fourth-order valence-corrected chi connectivity index (χ4v) is 6.57. The Hall–Kier alpha value is -1.32. The Morgan fingerprint density at radius 2 is 0.809 bits per heavy atom. The summed E-state index contributed by atoms with van der Waals surface area (Å²) in [6.07, 6.45) is 48.4. The first-order chi connectivity index (χ1) is 23.1. The summed E-state index contributed by atoms with van der Waals surface area (Å²) in [5, 5.41) is 8.82. The molecule has 1 atom stereocenters. The Bertz CT molecular complexity index is 673. The summed E-state index contributed by atoms with van der Waals surface area (Å²) >= 11 is 0. The molecule has 1 unspecified atom stereocenters.